The predicted octanol–water partition coefficient (Wildman–Crippen LogP) is 7.73. The zero-order chi connectivity index (χ0) is 16.8. The lowest BCUT2D eigenvalue weighted by molar-refractivity contribution is 0.702. The maximum Gasteiger partial charge on any atom is -0.00990 e. The SMILES string of the molecule is CCCCCC.c1ccc2c(c1)ccc1c3ccccc3ccc21. The van der Waals surface area contributed by atoms with Crippen molar-refractivity contribution in [3.05, 3.63) is 72.8 Å². The van der Waals surface area contributed by atoms with Gasteiger partial charge in [-0.15, -0.1) is 0 Å². The molecule has 4 rings (SSSR count). The van der Waals surface area contributed by atoms with E-state index >= 15 is 0 Å². The Bertz CT molecular complexity index is 855. The Morgan fingerprint density at radius 2 is 0.875 bits per heavy atom. The monoisotopic (exact) mass is 314 g/mol. The lowest BCUT2D eigenvalue weighted by Gasteiger charge is -2.07. The molecule has 4 aromatic carbocycles. The average Bonchev–Trinajstić information content (AvgIpc) is 2.66. The molecule has 0 bridgehead atoms. The van der Waals surface area contributed by atoms with E-state index in [9.17, 15) is 0 Å². The van der Waals surface area contributed by atoms with Crippen LogP contribution in [0.25, 0.3) is 32.3 Å². The summed E-state index contributed by atoms with van der Waals surface area (Å²) in [6.45, 7) is 4.46. The van der Waals surface area contributed by atoms with Crippen LogP contribution < -0.4 is 0 Å². The fraction of sp³-hybridized carbons (Fsp3) is 0.250. The predicted molar refractivity (Wildman–Crippen MR) is 109 cm³/mol. The van der Waals surface area contributed by atoms with Gasteiger partial charge in [0.15, 0.2) is 0 Å². The molecule has 0 aromatic heterocycles. The number of unbranched alkanes of at least 4 members (excludes halogenated alkanes) is 3. The van der Waals surface area contributed by atoms with E-state index in [2.05, 4.69) is 86.6 Å². The summed E-state index contributed by atoms with van der Waals surface area (Å²) in [6.07, 6.45) is 5.54. The fourth-order valence-corrected chi connectivity index (χ4v) is 3.27. The van der Waals surface area contributed by atoms with Crippen LogP contribution in [0.3, 0.4) is 0 Å². The Balaban J connectivity index is 0.000000246. The largest absolute Gasteiger partial charge is 0.0654 e. The molecule has 0 aliphatic carbocycles. The van der Waals surface area contributed by atoms with Crippen molar-refractivity contribution in [3.8, 4) is 0 Å². The summed E-state index contributed by atoms with van der Waals surface area (Å²) < 4.78 is 0. The van der Waals surface area contributed by atoms with Gasteiger partial charge in [0.05, 0.1) is 0 Å². The Morgan fingerprint density at radius 3 is 1.29 bits per heavy atom. The van der Waals surface area contributed by atoms with E-state index in [1.807, 2.05) is 0 Å². The van der Waals surface area contributed by atoms with Gasteiger partial charge in [0.2, 0.25) is 0 Å². The molecule has 0 spiro atoms. The molecule has 0 saturated carbocycles. The van der Waals surface area contributed by atoms with Crippen LogP contribution in [0.1, 0.15) is 39.5 Å². The van der Waals surface area contributed by atoms with Gasteiger partial charge < -0.3 is 0 Å². The van der Waals surface area contributed by atoms with Crippen LogP contribution in [0, 0.1) is 0 Å². The highest BCUT2D eigenvalue weighted by atomic mass is 14.1. The minimum absolute atomic E-state index is 1.31. The third-order valence-corrected chi connectivity index (χ3v) is 4.61. The van der Waals surface area contributed by atoms with Gasteiger partial charge in [0, 0.05) is 0 Å². The molecular weight excluding hydrogens is 288 g/mol. The molecule has 0 fully saturated rings. The maximum absolute atomic E-state index is 2.24. The number of fused-ring (bicyclic) bond motifs is 5. The van der Waals surface area contributed by atoms with Crippen LogP contribution in [0.15, 0.2) is 72.8 Å². The van der Waals surface area contributed by atoms with E-state index in [4.69, 9.17) is 0 Å². The molecule has 0 saturated heterocycles. The Labute approximate surface area is 145 Å². The van der Waals surface area contributed by atoms with Crippen LogP contribution in [0.4, 0.5) is 0 Å². The molecule has 0 N–H and O–H groups in total. The molecular formula is C24H26. The normalized spacial score (nSPS) is 10.8. The van der Waals surface area contributed by atoms with Gasteiger partial charge in [0.25, 0.3) is 0 Å². The van der Waals surface area contributed by atoms with Gasteiger partial charge in [-0.2, -0.15) is 0 Å². The highest BCUT2D eigenvalue weighted by Gasteiger charge is 2.03. The number of hydrogen-bond acceptors (Lipinski definition) is 0. The summed E-state index contributed by atoms with van der Waals surface area (Å²) >= 11 is 0. The van der Waals surface area contributed by atoms with Crippen LogP contribution in [-0.4, -0.2) is 0 Å². The molecule has 0 heteroatoms. The first-order chi connectivity index (χ1) is 11.8. The van der Waals surface area contributed by atoms with E-state index in [0.29, 0.717) is 0 Å². The second kappa shape index (κ2) is 7.97. The lowest BCUT2D eigenvalue weighted by atomic mass is 9.97. The number of benzene rings is 4. The standard InChI is InChI=1S/C18H12.C6H14/c1-3-7-15-13(5-1)9-11-18-16-8-4-2-6-14(16)10-12-17(15)18;1-3-5-6-4-2/h1-12H;3-6H2,1-2H3. The quantitative estimate of drug-likeness (QED) is 0.268. The average molecular weight is 314 g/mol. The van der Waals surface area contributed by atoms with Crippen LogP contribution in [0.2, 0.25) is 0 Å². The first-order valence-electron chi connectivity index (χ1n) is 9.14. The highest BCUT2D eigenvalue weighted by Crippen LogP contribution is 2.30. The summed E-state index contributed by atoms with van der Waals surface area (Å²) in [5.74, 6) is 0. The van der Waals surface area contributed by atoms with Gasteiger partial charge in [-0.25, -0.2) is 0 Å². The van der Waals surface area contributed by atoms with Crippen molar-refractivity contribution in [1.29, 1.82) is 0 Å². The van der Waals surface area contributed by atoms with Crippen molar-refractivity contribution in [2.24, 2.45) is 0 Å². The van der Waals surface area contributed by atoms with Gasteiger partial charge in [-0.3, -0.25) is 0 Å². The smallest absolute Gasteiger partial charge is 0.00990 e. The van der Waals surface area contributed by atoms with Crippen LogP contribution in [-0.2, 0) is 0 Å². The Morgan fingerprint density at radius 1 is 0.458 bits per heavy atom. The molecule has 0 nitrogen and oxygen atoms in total. The lowest BCUT2D eigenvalue weighted by Crippen LogP contribution is -1.79. The maximum atomic E-state index is 2.24. The van der Waals surface area contributed by atoms with Crippen LogP contribution >= 0.6 is 0 Å². The van der Waals surface area contributed by atoms with Crippen molar-refractivity contribution in [1.82, 2.24) is 0 Å². The highest BCUT2D eigenvalue weighted by molar-refractivity contribution is 6.17. The molecule has 0 radical (unpaired) electrons. The van der Waals surface area contributed by atoms with E-state index in [1.54, 1.807) is 0 Å². The summed E-state index contributed by atoms with van der Waals surface area (Å²) in [6, 6.07) is 26.0. The summed E-state index contributed by atoms with van der Waals surface area (Å²) in [5, 5.41) is 7.96. The molecule has 122 valence electrons. The summed E-state index contributed by atoms with van der Waals surface area (Å²) in [4.78, 5) is 0. The summed E-state index contributed by atoms with van der Waals surface area (Å²) in [5.41, 5.74) is 0. The third kappa shape index (κ3) is 3.43. The van der Waals surface area contributed by atoms with Crippen molar-refractivity contribution in [2.45, 2.75) is 39.5 Å². The molecule has 0 aliphatic heterocycles. The van der Waals surface area contributed by atoms with Crippen LogP contribution in [0.5, 0.6) is 0 Å². The minimum Gasteiger partial charge on any atom is -0.0654 e. The molecule has 0 heterocycles. The van der Waals surface area contributed by atoms with E-state index in [1.165, 1.54) is 58.0 Å². The van der Waals surface area contributed by atoms with E-state index < -0.39 is 0 Å². The summed E-state index contributed by atoms with van der Waals surface area (Å²) in [7, 11) is 0. The number of rotatable bonds is 3. The second-order valence-corrected chi connectivity index (χ2v) is 6.38. The second-order valence-electron chi connectivity index (χ2n) is 6.38. The fourth-order valence-electron chi connectivity index (χ4n) is 3.27. The van der Waals surface area contributed by atoms with Gasteiger partial charge in [-0.1, -0.05) is 112 Å². The molecule has 0 unspecified atom stereocenters. The van der Waals surface area contributed by atoms with Crippen molar-refractivity contribution in [2.75, 3.05) is 0 Å². The molecule has 0 amide bonds. The van der Waals surface area contributed by atoms with Crippen molar-refractivity contribution >= 4 is 32.3 Å². The van der Waals surface area contributed by atoms with Crippen molar-refractivity contribution < 1.29 is 0 Å². The molecule has 0 atom stereocenters. The minimum atomic E-state index is 1.31. The van der Waals surface area contributed by atoms with Gasteiger partial charge in [-0.05, 0) is 32.3 Å². The van der Waals surface area contributed by atoms with Gasteiger partial charge >= 0.3 is 0 Å². The van der Waals surface area contributed by atoms with E-state index in [-0.39, 0.29) is 0 Å². The molecule has 24 heavy (non-hydrogen) atoms. The van der Waals surface area contributed by atoms with Gasteiger partial charge in [0.1, 0.15) is 0 Å². The topological polar surface area (TPSA) is 0 Å². The first-order valence-corrected chi connectivity index (χ1v) is 9.14. The number of hydrogen-bond donors (Lipinski definition) is 0. The Hall–Kier alpha value is -2.34. The molecule has 0 aliphatic rings. The zero-order valence-electron chi connectivity index (χ0n) is 14.8. The molecule has 4 aromatic rings. The first kappa shape index (κ1) is 16.5. The van der Waals surface area contributed by atoms with Crippen molar-refractivity contribution in [3.63, 3.8) is 0 Å². The Kier molecular flexibility index (Phi) is 5.48. The van der Waals surface area contributed by atoms with E-state index in [0.717, 1.165) is 0 Å². The zero-order valence-corrected chi connectivity index (χ0v) is 14.8. The third-order valence-electron chi connectivity index (χ3n) is 4.61.